The SMILES string of the molecule is CCOC(=O)CC(C)N(C)c1ncc(Br)cn1. The average molecular weight is 302 g/mol. The maximum absolute atomic E-state index is 11.3. The zero-order valence-corrected chi connectivity index (χ0v) is 11.8. The zero-order chi connectivity index (χ0) is 12.8. The van der Waals surface area contributed by atoms with Crippen molar-refractivity contribution in [1.29, 1.82) is 0 Å². The maximum atomic E-state index is 11.3. The molecule has 0 aliphatic carbocycles. The highest BCUT2D eigenvalue weighted by Gasteiger charge is 2.16. The number of carbonyl (C=O) groups is 1. The molecular weight excluding hydrogens is 286 g/mol. The lowest BCUT2D eigenvalue weighted by Gasteiger charge is -2.23. The highest BCUT2D eigenvalue weighted by Crippen LogP contribution is 2.13. The number of esters is 1. The summed E-state index contributed by atoms with van der Waals surface area (Å²) in [7, 11) is 1.85. The highest BCUT2D eigenvalue weighted by atomic mass is 79.9. The topological polar surface area (TPSA) is 55.3 Å². The van der Waals surface area contributed by atoms with Crippen LogP contribution in [0, 0.1) is 0 Å². The van der Waals surface area contributed by atoms with Crippen LogP contribution in [0.5, 0.6) is 0 Å². The van der Waals surface area contributed by atoms with Crippen molar-refractivity contribution in [2.75, 3.05) is 18.6 Å². The van der Waals surface area contributed by atoms with Gasteiger partial charge in [0.05, 0.1) is 17.5 Å². The van der Waals surface area contributed by atoms with Gasteiger partial charge in [0.25, 0.3) is 0 Å². The summed E-state index contributed by atoms with van der Waals surface area (Å²) in [4.78, 5) is 21.5. The van der Waals surface area contributed by atoms with Crippen LogP contribution in [0.2, 0.25) is 0 Å². The van der Waals surface area contributed by atoms with E-state index in [0.29, 0.717) is 19.0 Å². The van der Waals surface area contributed by atoms with Crippen molar-refractivity contribution in [3.8, 4) is 0 Å². The number of nitrogens with zero attached hydrogens (tertiary/aromatic N) is 3. The summed E-state index contributed by atoms with van der Waals surface area (Å²) >= 11 is 3.27. The van der Waals surface area contributed by atoms with E-state index >= 15 is 0 Å². The number of carbonyl (C=O) groups excluding carboxylic acids is 1. The summed E-state index contributed by atoms with van der Waals surface area (Å²) in [6.45, 7) is 4.14. The molecule has 0 aliphatic heterocycles. The first-order valence-corrected chi connectivity index (χ1v) is 6.20. The standard InChI is InChI=1S/C11H16BrN3O2/c1-4-17-10(16)5-8(2)15(3)11-13-6-9(12)7-14-11/h6-8H,4-5H2,1-3H3. The Morgan fingerprint density at radius 2 is 2.12 bits per heavy atom. The Kier molecular flexibility index (Phi) is 5.34. The van der Waals surface area contributed by atoms with Crippen LogP contribution in [0.4, 0.5) is 5.95 Å². The molecule has 0 amide bonds. The van der Waals surface area contributed by atoms with Crippen LogP contribution < -0.4 is 4.90 Å². The second kappa shape index (κ2) is 6.54. The second-order valence-corrected chi connectivity index (χ2v) is 4.59. The van der Waals surface area contributed by atoms with E-state index in [-0.39, 0.29) is 12.0 Å². The number of halogens is 1. The number of ether oxygens (including phenoxy) is 1. The predicted molar refractivity (Wildman–Crippen MR) is 68.8 cm³/mol. The minimum absolute atomic E-state index is 0.00442. The Labute approximate surface area is 109 Å². The molecule has 6 heteroatoms. The van der Waals surface area contributed by atoms with Gasteiger partial charge in [-0.3, -0.25) is 4.79 Å². The van der Waals surface area contributed by atoms with Crippen molar-refractivity contribution in [3.63, 3.8) is 0 Å². The third-order valence-electron chi connectivity index (χ3n) is 2.35. The summed E-state index contributed by atoms with van der Waals surface area (Å²) in [5, 5.41) is 0. The first-order valence-electron chi connectivity index (χ1n) is 5.40. The fraction of sp³-hybridized carbons (Fsp3) is 0.545. The van der Waals surface area contributed by atoms with Gasteiger partial charge < -0.3 is 9.64 Å². The van der Waals surface area contributed by atoms with Crippen LogP contribution in [0.3, 0.4) is 0 Å². The first kappa shape index (κ1) is 13.9. The van der Waals surface area contributed by atoms with Gasteiger partial charge in [-0.05, 0) is 29.8 Å². The van der Waals surface area contributed by atoms with Crippen molar-refractivity contribution in [3.05, 3.63) is 16.9 Å². The minimum Gasteiger partial charge on any atom is -0.466 e. The molecule has 0 fully saturated rings. The predicted octanol–water partition coefficient (Wildman–Crippen LogP) is 2.02. The molecule has 0 bridgehead atoms. The quantitative estimate of drug-likeness (QED) is 0.779. The Bertz CT molecular complexity index is 369. The van der Waals surface area contributed by atoms with E-state index in [1.165, 1.54) is 0 Å². The Hall–Kier alpha value is -1.17. The van der Waals surface area contributed by atoms with E-state index in [2.05, 4.69) is 25.9 Å². The maximum Gasteiger partial charge on any atom is 0.307 e. The third-order valence-corrected chi connectivity index (χ3v) is 2.76. The number of hydrogen-bond acceptors (Lipinski definition) is 5. The van der Waals surface area contributed by atoms with Crippen molar-refractivity contribution < 1.29 is 9.53 Å². The first-order chi connectivity index (χ1) is 8.04. The molecule has 1 rings (SSSR count). The molecule has 1 aromatic heterocycles. The number of rotatable bonds is 5. The molecule has 1 atom stereocenters. The van der Waals surface area contributed by atoms with Gasteiger partial charge in [0.15, 0.2) is 0 Å². The monoisotopic (exact) mass is 301 g/mol. The van der Waals surface area contributed by atoms with Crippen molar-refractivity contribution >= 4 is 27.8 Å². The number of anilines is 1. The van der Waals surface area contributed by atoms with Gasteiger partial charge in [-0.15, -0.1) is 0 Å². The highest BCUT2D eigenvalue weighted by molar-refractivity contribution is 9.10. The van der Waals surface area contributed by atoms with Crippen LogP contribution >= 0.6 is 15.9 Å². The summed E-state index contributed by atoms with van der Waals surface area (Å²) in [6, 6.07) is -0.00442. The van der Waals surface area contributed by atoms with E-state index in [1.807, 2.05) is 18.9 Å². The van der Waals surface area contributed by atoms with Crippen LogP contribution in [-0.4, -0.2) is 35.6 Å². The molecule has 0 N–H and O–H groups in total. The van der Waals surface area contributed by atoms with Gasteiger partial charge in [0.1, 0.15) is 0 Å². The van der Waals surface area contributed by atoms with Gasteiger partial charge in [0.2, 0.25) is 5.95 Å². The fourth-order valence-corrected chi connectivity index (χ4v) is 1.49. The Morgan fingerprint density at radius 1 is 1.53 bits per heavy atom. The number of aromatic nitrogens is 2. The second-order valence-electron chi connectivity index (χ2n) is 3.67. The van der Waals surface area contributed by atoms with Gasteiger partial charge in [-0.25, -0.2) is 9.97 Å². The lowest BCUT2D eigenvalue weighted by atomic mass is 10.2. The third kappa shape index (κ3) is 4.30. The summed E-state index contributed by atoms with van der Waals surface area (Å²) in [6.07, 6.45) is 3.68. The molecule has 0 radical (unpaired) electrons. The molecule has 5 nitrogen and oxygen atoms in total. The summed E-state index contributed by atoms with van der Waals surface area (Å²) in [5.41, 5.74) is 0. The molecule has 0 spiro atoms. The normalized spacial score (nSPS) is 12.0. The van der Waals surface area contributed by atoms with Crippen LogP contribution in [0.1, 0.15) is 20.3 Å². The molecule has 1 unspecified atom stereocenters. The van der Waals surface area contributed by atoms with E-state index in [4.69, 9.17) is 4.74 Å². The molecule has 17 heavy (non-hydrogen) atoms. The average Bonchev–Trinajstić information content (AvgIpc) is 2.29. The molecule has 94 valence electrons. The van der Waals surface area contributed by atoms with Crippen LogP contribution in [0.15, 0.2) is 16.9 Å². The molecule has 0 saturated carbocycles. The Morgan fingerprint density at radius 3 is 2.65 bits per heavy atom. The lowest BCUT2D eigenvalue weighted by molar-refractivity contribution is -0.143. The molecule has 0 aliphatic rings. The van der Waals surface area contributed by atoms with Gasteiger partial charge in [0, 0.05) is 25.5 Å². The summed E-state index contributed by atoms with van der Waals surface area (Å²) < 4.78 is 5.73. The van der Waals surface area contributed by atoms with Crippen LogP contribution in [-0.2, 0) is 9.53 Å². The van der Waals surface area contributed by atoms with E-state index in [0.717, 1.165) is 4.47 Å². The minimum atomic E-state index is -0.205. The molecule has 1 heterocycles. The van der Waals surface area contributed by atoms with Crippen molar-refractivity contribution in [2.24, 2.45) is 0 Å². The van der Waals surface area contributed by atoms with E-state index in [9.17, 15) is 4.79 Å². The molecule has 1 aromatic rings. The van der Waals surface area contributed by atoms with Gasteiger partial charge in [-0.1, -0.05) is 0 Å². The fourth-order valence-electron chi connectivity index (χ4n) is 1.28. The molecule has 0 saturated heterocycles. The zero-order valence-electron chi connectivity index (χ0n) is 10.2. The van der Waals surface area contributed by atoms with Gasteiger partial charge >= 0.3 is 5.97 Å². The lowest BCUT2D eigenvalue weighted by Crippen LogP contribution is -2.32. The summed E-state index contributed by atoms with van der Waals surface area (Å²) in [5.74, 6) is 0.383. The van der Waals surface area contributed by atoms with Gasteiger partial charge in [-0.2, -0.15) is 0 Å². The van der Waals surface area contributed by atoms with Crippen LogP contribution in [0.25, 0.3) is 0 Å². The smallest absolute Gasteiger partial charge is 0.307 e. The van der Waals surface area contributed by atoms with Crippen molar-refractivity contribution in [1.82, 2.24) is 9.97 Å². The number of hydrogen-bond donors (Lipinski definition) is 0. The Balaban J connectivity index is 2.60. The molecule has 0 aromatic carbocycles. The van der Waals surface area contributed by atoms with E-state index in [1.54, 1.807) is 19.3 Å². The largest absolute Gasteiger partial charge is 0.466 e. The van der Waals surface area contributed by atoms with E-state index < -0.39 is 0 Å². The van der Waals surface area contributed by atoms with Crippen molar-refractivity contribution in [2.45, 2.75) is 26.3 Å². The molecular formula is C11H16BrN3O2.